The van der Waals surface area contributed by atoms with Crippen LogP contribution >= 0.6 is 11.6 Å². The van der Waals surface area contributed by atoms with Crippen LogP contribution in [0.2, 0.25) is 5.02 Å². The molecular formula is C25H33ClN6O2. The number of anilines is 2. The number of aromatic nitrogens is 2. The second kappa shape index (κ2) is 11.8. The van der Waals surface area contributed by atoms with E-state index in [0.29, 0.717) is 36.9 Å². The fourth-order valence-corrected chi connectivity index (χ4v) is 4.82. The molecule has 9 heteroatoms. The molecule has 1 saturated heterocycles. The van der Waals surface area contributed by atoms with Gasteiger partial charge in [0.05, 0.1) is 28.8 Å². The number of rotatable bonds is 10. The number of hydrogen-bond acceptors (Lipinski definition) is 8. The van der Waals surface area contributed by atoms with Crippen molar-refractivity contribution in [3.05, 3.63) is 35.5 Å². The van der Waals surface area contributed by atoms with Crippen LogP contribution in [0.3, 0.4) is 0 Å². The maximum atomic E-state index is 9.70. The predicted molar refractivity (Wildman–Crippen MR) is 134 cm³/mol. The molecule has 3 heterocycles. The van der Waals surface area contributed by atoms with Crippen molar-refractivity contribution in [1.29, 1.82) is 5.26 Å². The van der Waals surface area contributed by atoms with Crippen LogP contribution < -0.4 is 16.0 Å². The van der Waals surface area contributed by atoms with Gasteiger partial charge >= 0.3 is 0 Å². The summed E-state index contributed by atoms with van der Waals surface area (Å²) in [4.78, 5) is 9.26. The molecule has 4 rings (SSSR count). The molecule has 2 aromatic rings. The van der Waals surface area contributed by atoms with Gasteiger partial charge in [-0.05, 0) is 50.3 Å². The zero-order valence-corrected chi connectivity index (χ0v) is 20.4. The molecule has 1 aliphatic carbocycles. The molecule has 0 unspecified atom stereocenters. The molecule has 182 valence electrons. The van der Waals surface area contributed by atoms with Crippen molar-refractivity contribution in [2.24, 2.45) is 5.41 Å². The number of pyridine rings is 2. The zero-order valence-electron chi connectivity index (χ0n) is 19.6. The topological polar surface area (TPSA) is 104 Å². The Morgan fingerprint density at radius 3 is 2.85 bits per heavy atom. The van der Waals surface area contributed by atoms with Gasteiger partial charge in [0.2, 0.25) is 0 Å². The van der Waals surface area contributed by atoms with Gasteiger partial charge < -0.3 is 25.4 Å². The largest absolute Gasteiger partial charge is 0.383 e. The van der Waals surface area contributed by atoms with E-state index in [9.17, 15) is 5.26 Å². The summed E-state index contributed by atoms with van der Waals surface area (Å²) in [7, 11) is 1.72. The van der Waals surface area contributed by atoms with E-state index in [1.54, 1.807) is 13.3 Å². The highest BCUT2D eigenvalue weighted by Crippen LogP contribution is 2.32. The van der Waals surface area contributed by atoms with Crippen molar-refractivity contribution >= 4 is 23.2 Å². The van der Waals surface area contributed by atoms with Crippen LogP contribution in [0.1, 0.15) is 32.1 Å². The number of methoxy groups -OCH3 is 1. The van der Waals surface area contributed by atoms with Crippen molar-refractivity contribution in [1.82, 2.24) is 15.3 Å². The first-order chi connectivity index (χ1) is 16.6. The van der Waals surface area contributed by atoms with Crippen molar-refractivity contribution < 1.29 is 9.47 Å². The van der Waals surface area contributed by atoms with Crippen LogP contribution in [-0.2, 0) is 9.47 Å². The predicted octanol–water partition coefficient (Wildman–Crippen LogP) is 4.10. The van der Waals surface area contributed by atoms with Gasteiger partial charge in [0.25, 0.3) is 0 Å². The quantitative estimate of drug-likeness (QED) is 0.433. The molecular weight excluding hydrogens is 452 g/mol. The molecule has 0 amide bonds. The molecule has 0 bridgehead atoms. The summed E-state index contributed by atoms with van der Waals surface area (Å²) in [6.45, 7) is 3.38. The number of nitrogens with zero attached hydrogens (tertiary/aromatic N) is 3. The third kappa shape index (κ3) is 6.36. The summed E-state index contributed by atoms with van der Waals surface area (Å²) < 4.78 is 10.6. The summed E-state index contributed by atoms with van der Waals surface area (Å²) >= 11 is 6.51. The highest BCUT2D eigenvalue weighted by Gasteiger charge is 2.32. The number of ether oxygens (including phenoxy) is 2. The Morgan fingerprint density at radius 2 is 2.06 bits per heavy atom. The molecule has 2 aliphatic rings. The first-order valence-electron chi connectivity index (χ1n) is 12.0. The van der Waals surface area contributed by atoms with Crippen molar-refractivity contribution in [3.8, 4) is 17.3 Å². The Kier molecular flexibility index (Phi) is 8.57. The van der Waals surface area contributed by atoms with Gasteiger partial charge in [-0.25, -0.2) is 9.97 Å². The smallest absolute Gasteiger partial charge is 0.126 e. The van der Waals surface area contributed by atoms with Crippen LogP contribution in [0.4, 0.5) is 11.6 Å². The van der Waals surface area contributed by atoms with Crippen molar-refractivity contribution in [3.63, 3.8) is 0 Å². The van der Waals surface area contributed by atoms with Gasteiger partial charge in [-0.3, -0.25) is 0 Å². The lowest BCUT2D eigenvalue weighted by Crippen LogP contribution is -2.34. The van der Waals surface area contributed by atoms with E-state index in [0.717, 1.165) is 68.1 Å². The van der Waals surface area contributed by atoms with Gasteiger partial charge in [-0.1, -0.05) is 17.7 Å². The van der Waals surface area contributed by atoms with Gasteiger partial charge in [0.15, 0.2) is 0 Å². The number of nitriles is 1. The second-order valence-electron chi connectivity index (χ2n) is 9.11. The molecule has 1 saturated carbocycles. The van der Waals surface area contributed by atoms with Gasteiger partial charge in [0, 0.05) is 57.3 Å². The molecule has 1 aliphatic heterocycles. The summed E-state index contributed by atoms with van der Waals surface area (Å²) in [5.41, 5.74) is 1.18. The van der Waals surface area contributed by atoms with Crippen LogP contribution in [0.25, 0.3) is 11.3 Å². The maximum Gasteiger partial charge on any atom is 0.126 e. The fourth-order valence-electron chi connectivity index (χ4n) is 4.62. The SMILES string of the molecule is COCCN[C@@H]1CC[C@@H](Nc2cc(-c3cccc(NCC4(C#N)CCOCC4)n3)c(Cl)cn2)C1. The third-order valence-electron chi connectivity index (χ3n) is 6.70. The standard InChI is InChI=1S/C25H33ClN6O2/c1-33-12-9-28-18-5-6-19(13-18)31-24-14-20(21(26)15-29-24)22-3-2-4-23(32-22)30-17-25(16-27)7-10-34-11-8-25/h2-4,14-15,18-19,28H,5-13,17H2,1H3,(H,29,31)(H,30,32)/t18-,19-/m1/s1. The van der Waals surface area contributed by atoms with Gasteiger partial charge in [-0.2, -0.15) is 5.26 Å². The molecule has 0 spiro atoms. The second-order valence-corrected chi connectivity index (χ2v) is 9.52. The highest BCUT2D eigenvalue weighted by atomic mass is 35.5. The zero-order chi connectivity index (χ0) is 23.8. The summed E-state index contributed by atoms with van der Waals surface area (Å²) in [6.07, 6.45) is 6.40. The van der Waals surface area contributed by atoms with E-state index in [4.69, 9.17) is 26.1 Å². The van der Waals surface area contributed by atoms with Crippen molar-refractivity contribution in [2.75, 3.05) is 50.7 Å². The lowest BCUT2D eigenvalue weighted by Gasteiger charge is -2.30. The fraction of sp³-hybridized carbons (Fsp3) is 0.560. The van der Waals surface area contributed by atoms with Crippen LogP contribution in [0.5, 0.6) is 0 Å². The average Bonchev–Trinajstić information content (AvgIpc) is 3.32. The monoisotopic (exact) mass is 484 g/mol. The maximum absolute atomic E-state index is 9.70. The van der Waals surface area contributed by atoms with Crippen LogP contribution in [-0.4, -0.2) is 62.1 Å². The Bertz CT molecular complexity index is 992. The average molecular weight is 485 g/mol. The molecule has 2 atom stereocenters. The molecule has 34 heavy (non-hydrogen) atoms. The van der Waals surface area contributed by atoms with E-state index in [-0.39, 0.29) is 0 Å². The molecule has 0 aromatic carbocycles. The molecule has 8 nitrogen and oxygen atoms in total. The third-order valence-corrected chi connectivity index (χ3v) is 7.00. The normalized spacial score (nSPS) is 21.7. The van der Waals surface area contributed by atoms with E-state index < -0.39 is 5.41 Å². The van der Waals surface area contributed by atoms with Crippen molar-refractivity contribution in [2.45, 2.75) is 44.2 Å². The summed E-state index contributed by atoms with van der Waals surface area (Å²) in [5, 5.41) is 20.7. The van der Waals surface area contributed by atoms with Gasteiger partial charge in [0.1, 0.15) is 11.6 Å². The lowest BCUT2D eigenvalue weighted by molar-refractivity contribution is 0.0455. The Morgan fingerprint density at radius 1 is 1.24 bits per heavy atom. The highest BCUT2D eigenvalue weighted by molar-refractivity contribution is 6.33. The Hall–Kier alpha value is -2.44. The summed E-state index contributed by atoms with van der Waals surface area (Å²) in [6, 6.07) is 11.1. The first-order valence-corrected chi connectivity index (χ1v) is 12.3. The lowest BCUT2D eigenvalue weighted by atomic mass is 9.82. The van der Waals surface area contributed by atoms with Crippen LogP contribution in [0, 0.1) is 16.7 Å². The Labute approximate surface area is 206 Å². The minimum Gasteiger partial charge on any atom is -0.383 e. The molecule has 3 N–H and O–H groups in total. The van der Waals surface area contributed by atoms with Gasteiger partial charge in [-0.15, -0.1) is 0 Å². The minimum absolute atomic E-state index is 0.365. The minimum atomic E-state index is -0.418. The van der Waals surface area contributed by atoms with E-state index in [1.165, 1.54) is 0 Å². The van der Waals surface area contributed by atoms with E-state index in [2.05, 4.69) is 27.0 Å². The Balaban J connectivity index is 1.40. The number of halogens is 1. The number of hydrogen-bond donors (Lipinski definition) is 3. The van der Waals surface area contributed by atoms with E-state index >= 15 is 0 Å². The molecule has 0 radical (unpaired) electrons. The van der Waals surface area contributed by atoms with Crippen LogP contribution in [0.15, 0.2) is 30.5 Å². The first kappa shape index (κ1) is 24.7. The molecule has 2 fully saturated rings. The van der Waals surface area contributed by atoms with E-state index in [1.807, 2.05) is 24.3 Å². The molecule has 2 aromatic heterocycles. The number of nitrogens with one attached hydrogen (secondary N) is 3. The summed E-state index contributed by atoms with van der Waals surface area (Å²) in [5.74, 6) is 1.52.